The molecule has 0 radical (unpaired) electrons. The van der Waals surface area contributed by atoms with Crippen LogP contribution < -0.4 is 5.32 Å². The molecule has 4 aliphatic rings. The number of fused-ring (bicyclic) bond motifs is 6. The Morgan fingerprint density at radius 3 is 2.69 bits per heavy atom. The minimum absolute atomic E-state index is 0.0238. The molecule has 3 fully saturated rings. The van der Waals surface area contributed by atoms with Crippen LogP contribution in [0.1, 0.15) is 75.9 Å². The van der Waals surface area contributed by atoms with E-state index in [9.17, 15) is 19.4 Å². The maximum atomic E-state index is 13.7. The smallest absolute Gasteiger partial charge is 0.253 e. The predicted molar refractivity (Wildman–Crippen MR) is 157 cm³/mol. The lowest BCUT2D eigenvalue weighted by Crippen LogP contribution is -2.63. The van der Waals surface area contributed by atoms with Crippen LogP contribution in [0.25, 0.3) is 11.8 Å². The molecule has 1 amide bonds. The molecule has 7 nitrogen and oxygen atoms in total. The van der Waals surface area contributed by atoms with Gasteiger partial charge in [-0.25, -0.2) is 9.07 Å². The Kier molecular flexibility index (Phi) is 6.26. The summed E-state index contributed by atoms with van der Waals surface area (Å²) in [5.41, 5.74) is 2.50. The third-order valence-electron chi connectivity index (χ3n) is 11.5. The van der Waals surface area contributed by atoms with Gasteiger partial charge in [0.2, 0.25) is 0 Å². The van der Waals surface area contributed by atoms with Gasteiger partial charge in [-0.15, -0.1) is 0 Å². The maximum absolute atomic E-state index is 13.7. The third-order valence-corrected chi connectivity index (χ3v) is 11.5. The van der Waals surface area contributed by atoms with E-state index in [1.807, 2.05) is 42.9 Å². The Morgan fingerprint density at radius 2 is 1.95 bits per heavy atom. The fraction of sp³-hybridized carbons (Fsp3) is 0.500. The highest BCUT2D eigenvalue weighted by Crippen LogP contribution is 2.67. The highest BCUT2D eigenvalue weighted by atomic mass is 19.1. The summed E-state index contributed by atoms with van der Waals surface area (Å²) in [7, 11) is 0. The highest BCUT2D eigenvalue weighted by Gasteiger charge is 2.68. The zero-order valence-electron chi connectivity index (χ0n) is 24.4. The average Bonchev–Trinajstić information content (AvgIpc) is 3.49. The Hall–Kier alpha value is -3.36. The van der Waals surface area contributed by atoms with E-state index >= 15 is 0 Å². The van der Waals surface area contributed by atoms with Crippen molar-refractivity contribution in [2.24, 2.45) is 28.6 Å². The topological polar surface area (TPSA) is 100 Å². The van der Waals surface area contributed by atoms with Gasteiger partial charge in [0.15, 0.2) is 0 Å². The number of carbonyl (C=O) groups excluding carboxylic acids is 1. The number of aliphatic hydroxyl groups excluding tert-OH is 1. The van der Waals surface area contributed by atoms with Crippen LogP contribution in [0.15, 0.2) is 60.4 Å². The third kappa shape index (κ3) is 3.87. The van der Waals surface area contributed by atoms with Gasteiger partial charge in [-0.05, 0) is 117 Å². The molecule has 7 rings (SSSR count). The summed E-state index contributed by atoms with van der Waals surface area (Å²) >= 11 is 0. The summed E-state index contributed by atoms with van der Waals surface area (Å²) in [6.45, 7) is 6.19. The van der Waals surface area contributed by atoms with Crippen molar-refractivity contribution in [3.05, 3.63) is 83.2 Å². The number of allylic oxidation sites excluding steroid dienone is 1. The van der Waals surface area contributed by atoms with Gasteiger partial charge in [-0.2, -0.15) is 5.10 Å². The molecule has 0 spiro atoms. The van der Waals surface area contributed by atoms with Crippen molar-refractivity contribution in [2.75, 3.05) is 0 Å². The Balaban J connectivity index is 1.17. The van der Waals surface area contributed by atoms with Crippen LogP contribution in [0, 0.1) is 34.4 Å². The molecule has 3 aromatic rings. The lowest BCUT2D eigenvalue weighted by atomic mass is 9.45. The van der Waals surface area contributed by atoms with Crippen molar-refractivity contribution in [1.82, 2.24) is 20.1 Å². The predicted octanol–water partition coefficient (Wildman–Crippen LogP) is 5.17. The molecule has 0 aliphatic heterocycles. The zero-order chi connectivity index (χ0) is 29.4. The van der Waals surface area contributed by atoms with E-state index in [4.69, 9.17) is 0 Å². The van der Waals surface area contributed by atoms with Crippen molar-refractivity contribution < 1.29 is 19.4 Å². The zero-order valence-corrected chi connectivity index (χ0v) is 24.4. The van der Waals surface area contributed by atoms with Crippen molar-refractivity contribution >= 4 is 12.0 Å². The molecule has 0 saturated heterocycles. The molecule has 8 heteroatoms. The maximum Gasteiger partial charge on any atom is 0.253 e. The molecule has 0 bridgehead atoms. The number of nitrogens with zero attached hydrogens (tertiary/aromatic N) is 3. The normalized spacial score (nSPS) is 35.7. The number of halogens is 1. The first-order chi connectivity index (χ1) is 20.0. The van der Waals surface area contributed by atoms with Crippen LogP contribution in [-0.4, -0.2) is 42.6 Å². The first-order valence-electron chi connectivity index (χ1n) is 15.2. The number of nitrogens with one attached hydrogen (secondary N) is 1. The van der Waals surface area contributed by atoms with Gasteiger partial charge in [0.25, 0.3) is 5.91 Å². The fourth-order valence-corrected chi connectivity index (χ4v) is 9.37. The largest absolute Gasteiger partial charge is 0.393 e. The lowest BCUT2D eigenvalue weighted by molar-refractivity contribution is -0.181. The molecule has 8 atom stereocenters. The Labute approximate surface area is 245 Å². The van der Waals surface area contributed by atoms with Gasteiger partial charge in [-0.3, -0.25) is 9.78 Å². The summed E-state index contributed by atoms with van der Waals surface area (Å²) < 4.78 is 15.4. The second kappa shape index (κ2) is 9.58. The Bertz CT molecular complexity index is 1550. The number of pyridine rings is 1. The van der Waals surface area contributed by atoms with Gasteiger partial charge in [0.1, 0.15) is 11.4 Å². The van der Waals surface area contributed by atoms with E-state index < -0.39 is 17.1 Å². The van der Waals surface area contributed by atoms with Gasteiger partial charge in [0.05, 0.1) is 35.4 Å². The second-order valence-corrected chi connectivity index (χ2v) is 13.6. The van der Waals surface area contributed by atoms with Crippen molar-refractivity contribution in [3.8, 4) is 5.69 Å². The summed E-state index contributed by atoms with van der Waals surface area (Å²) in [6.07, 6.45) is 9.29. The lowest BCUT2D eigenvalue weighted by Gasteiger charge is -2.60. The quantitative estimate of drug-likeness (QED) is 0.402. The summed E-state index contributed by atoms with van der Waals surface area (Å²) in [4.78, 5) is 18.1. The molecule has 3 N–H and O–H groups in total. The van der Waals surface area contributed by atoms with Gasteiger partial charge >= 0.3 is 0 Å². The molecule has 4 aliphatic carbocycles. The first kappa shape index (κ1) is 27.5. The van der Waals surface area contributed by atoms with E-state index in [1.165, 1.54) is 17.7 Å². The number of amides is 1. The van der Waals surface area contributed by atoms with Gasteiger partial charge in [-0.1, -0.05) is 25.5 Å². The molecular weight excluding hydrogens is 531 g/mol. The number of hydrogen-bond donors (Lipinski definition) is 3. The number of aromatic nitrogens is 3. The fourth-order valence-electron chi connectivity index (χ4n) is 9.37. The number of hydrogen-bond acceptors (Lipinski definition) is 5. The van der Waals surface area contributed by atoms with Crippen LogP contribution >= 0.6 is 0 Å². The summed E-state index contributed by atoms with van der Waals surface area (Å²) in [5, 5.41) is 31.7. The number of aliphatic hydroxyl groups is 2. The first-order valence-corrected chi connectivity index (χ1v) is 15.2. The molecule has 42 heavy (non-hydrogen) atoms. The van der Waals surface area contributed by atoms with Crippen molar-refractivity contribution in [2.45, 2.75) is 77.0 Å². The van der Waals surface area contributed by atoms with Crippen LogP contribution in [0.2, 0.25) is 0 Å². The standard InChI is InChI=1S/C34H39FN4O3/c1-20(27-6-4-5-15-36-27)38-31(41)34(42)14-13-26-25-12-7-22-16-28-21(19-37-39(28)24-10-8-23(35)9-11-24)17-32(22,2)30(25)29(40)18-33(26,34)3/h4-6,8-11,15-16,19-20,25-26,29-30,40,42H,7,12-14,17-18H2,1-3H3,(H,38,41)/t20-,25?,26?,29+,30?,32+,33+,34+/m1/s1. The van der Waals surface area contributed by atoms with E-state index in [2.05, 4.69) is 28.4 Å². The van der Waals surface area contributed by atoms with Crippen LogP contribution in [-0.2, 0) is 11.2 Å². The van der Waals surface area contributed by atoms with Crippen LogP contribution in [0.5, 0.6) is 0 Å². The van der Waals surface area contributed by atoms with Crippen molar-refractivity contribution in [3.63, 3.8) is 0 Å². The average molecular weight is 571 g/mol. The van der Waals surface area contributed by atoms with Crippen molar-refractivity contribution in [1.29, 1.82) is 0 Å². The molecule has 2 heterocycles. The minimum atomic E-state index is -1.56. The second-order valence-electron chi connectivity index (χ2n) is 13.6. The minimum Gasteiger partial charge on any atom is -0.393 e. The van der Waals surface area contributed by atoms with Crippen LogP contribution in [0.3, 0.4) is 0 Å². The summed E-state index contributed by atoms with van der Waals surface area (Å²) in [5.74, 6) is -0.287. The van der Waals surface area contributed by atoms with Gasteiger partial charge < -0.3 is 15.5 Å². The molecule has 220 valence electrons. The van der Waals surface area contributed by atoms with Crippen LogP contribution in [0.4, 0.5) is 4.39 Å². The molecule has 1 aromatic carbocycles. The van der Waals surface area contributed by atoms with E-state index in [1.54, 1.807) is 18.3 Å². The molecule has 3 saturated carbocycles. The number of rotatable bonds is 4. The van der Waals surface area contributed by atoms with E-state index in [0.29, 0.717) is 12.8 Å². The highest BCUT2D eigenvalue weighted by molar-refractivity contribution is 5.87. The summed E-state index contributed by atoms with van der Waals surface area (Å²) in [6, 6.07) is 11.6. The number of benzene rings is 1. The van der Waals surface area contributed by atoms with E-state index in [0.717, 1.165) is 48.3 Å². The SMILES string of the molecule is C[C@@H](NC(=O)[C@@]1(O)CCC2C3CCC4=Cc5c(cnn5-c5ccc(F)cc5)C[C@]4(C)C3[C@@H](O)C[C@@]21C)c1ccccn1. The molecule has 2 aromatic heterocycles. The van der Waals surface area contributed by atoms with Gasteiger partial charge in [0, 0.05) is 11.6 Å². The van der Waals surface area contributed by atoms with E-state index in [-0.39, 0.29) is 40.9 Å². The molecular formula is C34H39FN4O3. The molecule has 3 unspecified atom stereocenters. The Morgan fingerprint density at radius 1 is 1.17 bits per heavy atom. The number of carbonyl (C=O) groups is 1. The monoisotopic (exact) mass is 570 g/mol.